The number of carbonyl (C=O) groups is 2. The lowest BCUT2D eigenvalue weighted by Gasteiger charge is -2.27. The topological polar surface area (TPSA) is 65.0 Å². The highest BCUT2D eigenvalue weighted by Gasteiger charge is 2.28. The fraction of sp³-hybridized carbons (Fsp3) is 0.593. The summed E-state index contributed by atoms with van der Waals surface area (Å²) in [6.45, 7) is 3.66. The van der Waals surface area contributed by atoms with Crippen LogP contribution in [0.1, 0.15) is 71.1 Å². The molecule has 2 aliphatic carbocycles. The largest absolute Gasteiger partial charge is 0.388 e. The van der Waals surface area contributed by atoms with Crippen molar-refractivity contribution >= 4 is 18.4 Å². The zero-order chi connectivity index (χ0) is 23.6. The molecule has 6 heteroatoms. The molecular formula is C27H40N4O2. The van der Waals surface area contributed by atoms with E-state index in [1.807, 2.05) is 44.1 Å². The Morgan fingerprint density at radius 2 is 1.64 bits per heavy atom. The van der Waals surface area contributed by atoms with E-state index in [0.29, 0.717) is 12.0 Å². The Hall–Kier alpha value is -2.63. The first kappa shape index (κ1) is 25.0. The van der Waals surface area contributed by atoms with Crippen LogP contribution in [0.4, 0.5) is 0 Å². The lowest BCUT2D eigenvalue weighted by Crippen LogP contribution is -2.36. The van der Waals surface area contributed by atoms with Gasteiger partial charge in [-0.05, 0) is 25.8 Å². The summed E-state index contributed by atoms with van der Waals surface area (Å²) in [5.74, 6) is -0.213. The van der Waals surface area contributed by atoms with Crippen molar-refractivity contribution in [3.8, 4) is 0 Å². The van der Waals surface area contributed by atoms with E-state index in [0.717, 1.165) is 54.8 Å². The Balaban J connectivity index is 0.000000541. The number of hydrazone groups is 1. The first-order valence-electron chi connectivity index (χ1n) is 12.6. The molecule has 1 N–H and O–H groups in total. The Morgan fingerprint density at radius 3 is 2.21 bits per heavy atom. The smallest absolute Gasteiger partial charge is 0.233 e. The summed E-state index contributed by atoms with van der Waals surface area (Å²) < 4.78 is 0. The number of hydrogen-bond donors (Lipinski definition) is 1. The van der Waals surface area contributed by atoms with Crippen molar-refractivity contribution in [2.24, 2.45) is 11.0 Å². The molecule has 4 rings (SSSR count). The number of hydrogen-bond acceptors (Lipinski definition) is 5. The van der Waals surface area contributed by atoms with Gasteiger partial charge in [0.25, 0.3) is 0 Å². The van der Waals surface area contributed by atoms with Crippen molar-refractivity contribution in [1.82, 2.24) is 15.2 Å². The van der Waals surface area contributed by atoms with Crippen LogP contribution in [-0.2, 0) is 9.59 Å². The van der Waals surface area contributed by atoms with E-state index in [-0.39, 0.29) is 11.8 Å². The van der Waals surface area contributed by atoms with E-state index in [1.54, 1.807) is 11.2 Å². The van der Waals surface area contributed by atoms with Gasteiger partial charge < -0.3 is 10.2 Å². The predicted octanol–water partition coefficient (Wildman–Crippen LogP) is 4.72. The maximum atomic E-state index is 13.3. The fourth-order valence-corrected chi connectivity index (χ4v) is 4.97. The van der Waals surface area contributed by atoms with Gasteiger partial charge in [-0.3, -0.25) is 14.6 Å². The molecule has 33 heavy (non-hydrogen) atoms. The quantitative estimate of drug-likeness (QED) is 0.627. The number of nitrogens with zero attached hydrogens (tertiary/aromatic N) is 3. The van der Waals surface area contributed by atoms with E-state index in [2.05, 4.69) is 10.4 Å². The molecule has 1 unspecified atom stereocenters. The number of nitrogens with one attached hydrogen (secondary N) is 1. The summed E-state index contributed by atoms with van der Waals surface area (Å²) in [6, 6.07) is 0. The van der Waals surface area contributed by atoms with Crippen LogP contribution in [0.3, 0.4) is 0 Å². The monoisotopic (exact) mass is 452 g/mol. The number of rotatable bonds is 4. The lowest BCUT2D eigenvalue weighted by molar-refractivity contribution is -0.132. The van der Waals surface area contributed by atoms with Crippen molar-refractivity contribution in [3.05, 3.63) is 46.3 Å². The molecule has 1 saturated carbocycles. The average molecular weight is 453 g/mol. The third-order valence-corrected chi connectivity index (χ3v) is 6.76. The molecule has 0 bridgehead atoms. The van der Waals surface area contributed by atoms with Gasteiger partial charge in [0.2, 0.25) is 5.91 Å². The predicted molar refractivity (Wildman–Crippen MR) is 135 cm³/mol. The van der Waals surface area contributed by atoms with Crippen molar-refractivity contribution in [2.45, 2.75) is 71.1 Å². The summed E-state index contributed by atoms with van der Waals surface area (Å²) in [6.07, 6.45) is 21.2. The Morgan fingerprint density at radius 1 is 1.03 bits per heavy atom. The minimum absolute atomic E-state index is 0.139. The van der Waals surface area contributed by atoms with Gasteiger partial charge in [0.05, 0.1) is 11.6 Å². The molecule has 4 aliphatic rings. The SMILES string of the molecule is C1CCCC1.CNC1=CC(C)=CC(C(=O)N2CCCCCC2)C=C1C1=C(C=O)CC=NN1C. The third-order valence-electron chi connectivity index (χ3n) is 6.76. The Bertz CT molecular complexity index is 846. The minimum atomic E-state index is -0.352. The number of likely N-dealkylation sites (N-methyl/N-ethyl adjacent to an activating group) is 2. The van der Waals surface area contributed by atoms with Gasteiger partial charge in [0, 0.05) is 56.7 Å². The lowest BCUT2D eigenvalue weighted by atomic mass is 9.97. The summed E-state index contributed by atoms with van der Waals surface area (Å²) >= 11 is 0. The van der Waals surface area contributed by atoms with Crippen LogP contribution in [-0.4, -0.2) is 55.5 Å². The molecule has 0 aromatic carbocycles. The second-order valence-corrected chi connectivity index (χ2v) is 9.35. The van der Waals surface area contributed by atoms with Crippen LogP contribution in [0.25, 0.3) is 0 Å². The molecule has 2 heterocycles. The van der Waals surface area contributed by atoms with Crippen LogP contribution in [0.15, 0.2) is 51.4 Å². The first-order valence-corrected chi connectivity index (χ1v) is 12.6. The number of aldehydes is 1. The molecule has 0 aromatic rings. The van der Waals surface area contributed by atoms with Crippen LogP contribution in [0.5, 0.6) is 0 Å². The van der Waals surface area contributed by atoms with E-state index < -0.39 is 0 Å². The van der Waals surface area contributed by atoms with Crippen molar-refractivity contribution in [3.63, 3.8) is 0 Å². The highest BCUT2D eigenvalue weighted by molar-refractivity contribution is 5.86. The number of allylic oxidation sites excluding steroid dienone is 3. The van der Waals surface area contributed by atoms with Gasteiger partial charge in [0.1, 0.15) is 6.29 Å². The van der Waals surface area contributed by atoms with Gasteiger partial charge in [-0.2, -0.15) is 5.10 Å². The molecule has 1 atom stereocenters. The molecular weight excluding hydrogens is 412 g/mol. The summed E-state index contributed by atoms with van der Waals surface area (Å²) in [5.41, 5.74) is 4.20. The maximum Gasteiger partial charge on any atom is 0.233 e. The first-order chi connectivity index (χ1) is 16.0. The number of likely N-dealkylation sites (tertiary alicyclic amines) is 1. The van der Waals surface area contributed by atoms with Gasteiger partial charge in [-0.15, -0.1) is 0 Å². The molecule has 2 fully saturated rings. The van der Waals surface area contributed by atoms with Gasteiger partial charge in [-0.1, -0.05) is 62.7 Å². The molecule has 1 saturated heterocycles. The summed E-state index contributed by atoms with van der Waals surface area (Å²) in [7, 11) is 3.69. The normalized spacial score (nSPS) is 23.5. The fourth-order valence-electron chi connectivity index (χ4n) is 4.97. The number of carbonyl (C=O) groups excluding carboxylic acids is 2. The molecule has 0 spiro atoms. The second kappa shape index (κ2) is 12.6. The van der Waals surface area contributed by atoms with Crippen molar-refractivity contribution in [1.29, 1.82) is 0 Å². The zero-order valence-corrected chi connectivity index (χ0v) is 20.6. The van der Waals surface area contributed by atoms with Crippen LogP contribution in [0, 0.1) is 5.92 Å². The highest BCUT2D eigenvalue weighted by Crippen LogP contribution is 2.32. The highest BCUT2D eigenvalue weighted by atomic mass is 16.2. The molecule has 1 amide bonds. The van der Waals surface area contributed by atoms with E-state index in [4.69, 9.17) is 0 Å². The van der Waals surface area contributed by atoms with E-state index in [1.165, 1.54) is 44.9 Å². The van der Waals surface area contributed by atoms with Crippen LogP contribution >= 0.6 is 0 Å². The Kier molecular flexibility index (Phi) is 9.52. The van der Waals surface area contributed by atoms with Crippen LogP contribution < -0.4 is 5.32 Å². The summed E-state index contributed by atoms with van der Waals surface area (Å²) in [5, 5.41) is 9.31. The third kappa shape index (κ3) is 6.68. The minimum Gasteiger partial charge on any atom is -0.388 e. The standard InChI is InChI=1S/C22H30N4O2.C5H10/c1-16-12-18(22(28)26-10-6-4-5-7-11-26)14-19(20(13-16)23-2)21-17(15-27)8-9-24-25(21)3;1-2-4-5-3-1/h9,12-15,18,23H,4-8,10-11H2,1-3H3;1-5H2. The average Bonchev–Trinajstić information content (AvgIpc) is 3.23. The molecule has 0 aromatic heterocycles. The second-order valence-electron chi connectivity index (χ2n) is 9.35. The molecule has 180 valence electrons. The van der Waals surface area contributed by atoms with Gasteiger partial charge >= 0.3 is 0 Å². The zero-order valence-electron chi connectivity index (χ0n) is 20.6. The Labute approximate surface area is 199 Å². The van der Waals surface area contributed by atoms with Gasteiger partial charge in [-0.25, -0.2) is 0 Å². The van der Waals surface area contributed by atoms with Gasteiger partial charge in [0.15, 0.2) is 0 Å². The van der Waals surface area contributed by atoms with E-state index >= 15 is 0 Å². The van der Waals surface area contributed by atoms with Crippen molar-refractivity contribution < 1.29 is 9.59 Å². The van der Waals surface area contributed by atoms with Crippen molar-refractivity contribution in [2.75, 3.05) is 27.2 Å². The number of amides is 1. The van der Waals surface area contributed by atoms with Crippen LogP contribution in [0.2, 0.25) is 0 Å². The molecule has 0 radical (unpaired) electrons. The van der Waals surface area contributed by atoms with E-state index in [9.17, 15) is 9.59 Å². The maximum absolute atomic E-state index is 13.3. The summed E-state index contributed by atoms with van der Waals surface area (Å²) in [4.78, 5) is 27.0. The molecule has 6 nitrogen and oxygen atoms in total. The molecule has 2 aliphatic heterocycles.